The van der Waals surface area contributed by atoms with E-state index < -0.39 is 23.8 Å². The third kappa shape index (κ3) is 8.02. The van der Waals surface area contributed by atoms with Crippen LogP contribution in [0.2, 0.25) is 0 Å². The Kier molecular flexibility index (Phi) is 10.2. The van der Waals surface area contributed by atoms with Crippen molar-refractivity contribution in [3.05, 3.63) is 35.4 Å². The zero-order valence-electron chi connectivity index (χ0n) is 22.0. The molecule has 1 aliphatic carbocycles. The summed E-state index contributed by atoms with van der Waals surface area (Å²) in [5.74, 6) is 1.81. The molecular formula is C28H41N3O4. The quantitative estimate of drug-likeness (QED) is 0.531. The number of ether oxygens (including phenoxy) is 1. The van der Waals surface area contributed by atoms with Crippen LogP contribution in [0.1, 0.15) is 90.8 Å². The standard InChI is InChI=1S/C28H41N3O4/c1-8-20-15-13-14-18-22(20)24(25(32)29-21-16-11-10-12-17-21)31(9-2)26(33)23(19(3)4)30-27(34)35-28(5,6)7/h1,13-15,18-19,21,23-24H,9-12,16-17H2,2-7H3,(H,29,32)(H,30,34). The Morgan fingerprint density at radius 3 is 2.31 bits per heavy atom. The predicted molar refractivity (Wildman–Crippen MR) is 138 cm³/mol. The molecule has 0 saturated heterocycles. The van der Waals surface area contributed by atoms with Gasteiger partial charge < -0.3 is 20.3 Å². The van der Waals surface area contributed by atoms with Gasteiger partial charge in [-0.25, -0.2) is 4.79 Å². The Morgan fingerprint density at radius 1 is 1.14 bits per heavy atom. The second-order valence-corrected chi connectivity index (χ2v) is 10.5. The molecule has 1 aromatic carbocycles. The number of carbonyl (C=O) groups excluding carboxylic acids is 3. The Morgan fingerprint density at radius 2 is 1.77 bits per heavy atom. The maximum absolute atomic E-state index is 13.9. The van der Waals surface area contributed by atoms with Crippen LogP contribution in [0.3, 0.4) is 0 Å². The average molecular weight is 484 g/mol. The van der Waals surface area contributed by atoms with Gasteiger partial charge in [0.25, 0.3) is 0 Å². The van der Waals surface area contributed by atoms with Crippen LogP contribution in [-0.4, -0.2) is 47.0 Å². The van der Waals surface area contributed by atoms with Gasteiger partial charge in [0.05, 0.1) is 0 Å². The molecule has 1 saturated carbocycles. The predicted octanol–water partition coefficient (Wildman–Crippen LogP) is 4.56. The van der Waals surface area contributed by atoms with Crippen LogP contribution < -0.4 is 10.6 Å². The third-order valence-electron chi connectivity index (χ3n) is 6.15. The molecule has 192 valence electrons. The van der Waals surface area contributed by atoms with Crippen LogP contribution in [0.25, 0.3) is 0 Å². The first-order chi connectivity index (χ1) is 16.5. The third-order valence-corrected chi connectivity index (χ3v) is 6.15. The Hall–Kier alpha value is -3.01. The second-order valence-electron chi connectivity index (χ2n) is 10.5. The van der Waals surface area contributed by atoms with Crippen molar-refractivity contribution in [2.45, 2.75) is 97.4 Å². The van der Waals surface area contributed by atoms with E-state index in [2.05, 4.69) is 16.6 Å². The van der Waals surface area contributed by atoms with Gasteiger partial charge in [-0.05, 0) is 58.1 Å². The Labute approximate surface area is 210 Å². The molecule has 2 N–H and O–H groups in total. The summed E-state index contributed by atoms with van der Waals surface area (Å²) in [5, 5.41) is 5.88. The summed E-state index contributed by atoms with van der Waals surface area (Å²) >= 11 is 0. The number of rotatable bonds is 8. The van der Waals surface area contributed by atoms with Crippen LogP contribution in [-0.2, 0) is 14.3 Å². The molecule has 7 nitrogen and oxygen atoms in total. The van der Waals surface area contributed by atoms with Gasteiger partial charge in [-0.3, -0.25) is 9.59 Å². The lowest BCUT2D eigenvalue weighted by molar-refractivity contribution is -0.143. The number of nitrogens with one attached hydrogen (secondary N) is 2. The molecule has 0 radical (unpaired) electrons. The van der Waals surface area contributed by atoms with E-state index in [-0.39, 0.29) is 30.3 Å². The fraction of sp³-hybridized carbons (Fsp3) is 0.607. The molecule has 0 bridgehead atoms. The van der Waals surface area contributed by atoms with Crippen LogP contribution in [0.15, 0.2) is 24.3 Å². The highest BCUT2D eigenvalue weighted by Crippen LogP contribution is 2.27. The highest BCUT2D eigenvalue weighted by Gasteiger charge is 2.38. The number of alkyl carbamates (subject to hydrolysis) is 1. The molecule has 0 spiro atoms. The topological polar surface area (TPSA) is 87.7 Å². The van der Waals surface area contributed by atoms with Crippen LogP contribution >= 0.6 is 0 Å². The van der Waals surface area contributed by atoms with E-state index in [0.29, 0.717) is 11.1 Å². The molecule has 0 aliphatic heterocycles. The maximum Gasteiger partial charge on any atom is 0.408 e. The second kappa shape index (κ2) is 12.6. The van der Waals surface area contributed by atoms with Crippen molar-refractivity contribution in [3.8, 4) is 12.3 Å². The molecule has 1 aliphatic rings. The van der Waals surface area contributed by atoms with E-state index in [1.54, 1.807) is 32.9 Å². The molecule has 7 heteroatoms. The largest absolute Gasteiger partial charge is 0.444 e. The lowest BCUT2D eigenvalue weighted by atomic mass is 9.93. The summed E-state index contributed by atoms with van der Waals surface area (Å²) in [7, 11) is 0. The molecule has 2 rings (SSSR count). The van der Waals surface area contributed by atoms with Gasteiger partial charge in [0.2, 0.25) is 11.8 Å². The van der Waals surface area contributed by atoms with Gasteiger partial charge in [0, 0.05) is 18.2 Å². The Bertz CT molecular complexity index is 923. The highest BCUT2D eigenvalue weighted by atomic mass is 16.6. The summed E-state index contributed by atoms with van der Waals surface area (Å²) in [6, 6.07) is 5.49. The maximum atomic E-state index is 13.9. The van der Waals surface area contributed by atoms with Gasteiger partial charge in [-0.2, -0.15) is 0 Å². The number of carbonyl (C=O) groups is 3. The lowest BCUT2D eigenvalue weighted by Gasteiger charge is -2.36. The molecule has 0 aromatic heterocycles. The number of hydrogen-bond donors (Lipinski definition) is 2. The molecule has 2 atom stereocenters. The number of terminal acetylenes is 1. The minimum Gasteiger partial charge on any atom is -0.444 e. The fourth-order valence-corrected chi connectivity index (χ4v) is 4.44. The SMILES string of the molecule is C#Cc1ccccc1C(C(=O)NC1CCCCC1)N(CC)C(=O)C(NC(=O)OC(C)(C)C)C(C)C. The summed E-state index contributed by atoms with van der Waals surface area (Å²) < 4.78 is 5.38. The summed E-state index contributed by atoms with van der Waals surface area (Å²) in [4.78, 5) is 41.6. The van der Waals surface area contributed by atoms with E-state index >= 15 is 0 Å². The summed E-state index contributed by atoms with van der Waals surface area (Å²) in [6.45, 7) is 11.1. The van der Waals surface area contributed by atoms with Crippen LogP contribution in [0.5, 0.6) is 0 Å². The van der Waals surface area contributed by atoms with E-state index in [1.165, 1.54) is 11.3 Å². The molecule has 35 heavy (non-hydrogen) atoms. The van der Waals surface area contributed by atoms with E-state index in [1.807, 2.05) is 32.9 Å². The van der Waals surface area contributed by atoms with Crippen molar-refractivity contribution in [1.29, 1.82) is 0 Å². The van der Waals surface area contributed by atoms with E-state index in [0.717, 1.165) is 25.7 Å². The van der Waals surface area contributed by atoms with Crippen molar-refractivity contribution in [3.63, 3.8) is 0 Å². The first-order valence-electron chi connectivity index (χ1n) is 12.6. The first kappa shape index (κ1) is 28.2. The normalized spacial score (nSPS) is 16.1. The van der Waals surface area contributed by atoms with Gasteiger partial charge in [0.15, 0.2) is 0 Å². The summed E-state index contributed by atoms with van der Waals surface area (Å²) in [6.07, 6.45) is 10.2. The molecule has 2 unspecified atom stereocenters. The zero-order valence-corrected chi connectivity index (χ0v) is 22.0. The minimum absolute atomic E-state index is 0.0753. The number of nitrogens with zero attached hydrogens (tertiary/aromatic N) is 1. The molecular weight excluding hydrogens is 442 g/mol. The fourth-order valence-electron chi connectivity index (χ4n) is 4.44. The van der Waals surface area contributed by atoms with Gasteiger partial charge in [-0.15, -0.1) is 6.42 Å². The van der Waals surface area contributed by atoms with Crippen molar-refractivity contribution in [1.82, 2.24) is 15.5 Å². The molecule has 1 aromatic rings. The molecule has 1 fully saturated rings. The van der Waals surface area contributed by atoms with E-state index in [4.69, 9.17) is 11.2 Å². The van der Waals surface area contributed by atoms with Crippen molar-refractivity contribution in [2.75, 3.05) is 6.54 Å². The smallest absolute Gasteiger partial charge is 0.408 e. The van der Waals surface area contributed by atoms with Crippen molar-refractivity contribution < 1.29 is 19.1 Å². The number of benzene rings is 1. The lowest BCUT2D eigenvalue weighted by Crippen LogP contribution is -2.55. The molecule has 3 amide bonds. The van der Waals surface area contributed by atoms with Crippen LogP contribution in [0, 0.1) is 18.3 Å². The molecule has 0 heterocycles. The number of likely N-dealkylation sites (N-methyl/N-ethyl adjacent to an activating group) is 1. The Balaban J connectivity index is 2.42. The zero-order chi connectivity index (χ0) is 26.2. The van der Waals surface area contributed by atoms with Crippen molar-refractivity contribution >= 4 is 17.9 Å². The minimum atomic E-state index is -0.914. The first-order valence-corrected chi connectivity index (χ1v) is 12.6. The van der Waals surface area contributed by atoms with Gasteiger partial charge in [0.1, 0.15) is 17.7 Å². The van der Waals surface area contributed by atoms with Crippen molar-refractivity contribution in [2.24, 2.45) is 5.92 Å². The highest BCUT2D eigenvalue weighted by molar-refractivity contribution is 5.92. The van der Waals surface area contributed by atoms with Gasteiger partial charge >= 0.3 is 6.09 Å². The van der Waals surface area contributed by atoms with Gasteiger partial charge in [-0.1, -0.05) is 57.2 Å². The van der Waals surface area contributed by atoms with Crippen LogP contribution in [0.4, 0.5) is 4.79 Å². The monoisotopic (exact) mass is 483 g/mol. The average Bonchev–Trinajstić information content (AvgIpc) is 2.79. The number of hydrogen-bond acceptors (Lipinski definition) is 4. The number of amides is 3. The summed E-state index contributed by atoms with van der Waals surface area (Å²) in [5.41, 5.74) is 0.454. The van der Waals surface area contributed by atoms with E-state index in [9.17, 15) is 14.4 Å².